The number of benzene rings is 1. The lowest BCUT2D eigenvalue weighted by molar-refractivity contribution is 0.285. The van der Waals surface area contributed by atoms with Gasteiger partial charge in [-0.15, -0.1) is 11.8 Å². The quantitative estimate of drug-likeness (QED) is 0.748. The third kappa shape index (κ3) is 5.44. The van der Waals surface area contributed by atoms with Crippen LogP contribution in [0.4, 0.5) is 0 Å². The molecule has 2 rings (SSSR count). The molecule has 1 aromatic carbocycles. The Morgan fingerprint density at radius 1 is 1.20 bits per heavy atom. The zero-order valence-corrected chi connectivity index (χ0v) is 13.1. The molecule has 1 aliphatic rings. The van der Waals surface area contributed by atoms with Crippen molar-refractivity contribution in [1.29, 1.82) is 0 Å². The van der Waals surface area contributed by atoms with Crippen LogP contribution in [0, 0.1) is 0 Å². The van der Waals surface area contributed by atoms with E-state index in [0.29, 0.717) is 13.1 Å². The van der Waals surface area contributed by atoms with Gasteiger partial charge in [0.2, 0.25) is 0 Å². The maximum absolute atomic E-state index is 11.3. The van der Waals surface area contributed by atoms with Crippen LogP contribution in [0.15, 0.2) is 35.2 Å². The van der Waals surface area contributed by atoms with Crippen molar-refractivity contribution in [2.45, 2.75) is 17.4 Å². The summed E-state index contributed by atoms with van der Waals surface area (Å²) in [6.07, 6.45) is 0.805. The SMILES string of the molecule is [NH][C@H](CCN1CCS(=O)(=O)CC1)CSc1ccccc1. The fraction of sp³-hybridized carbons (Fsp3) is 0.571. The van der Waals surface area contributed by atoms with E-state index in [0.717, 1.165) is 18.7 Å². The Balaban J connectivity index is 1.64. The fourth-order valence-electron chi connectivity index (χ4n) is 2.11. The first kappa shape index (κ1) is 15.8. The average molecular weight is 313 g/mol. The molecule has 1 aliphatic heterocycles. The molecule has 0 aromatic heterocycles. The Kier molecular flexibility index (Phi) is 5.89. The molecule has 1 saturated heterocycles. The molecule has 4 nitrogen and oxygen atoms in total. The highest BCUT2D eigenvalue weighted by Crippen LogP contribution is 2.18. The van der Waals surface area contributed by atoms with Gasteiger partial charge in [-0.2, -0.15) is 0 Å². The molecule has 0 bridgehead atoms. The van der Waals surface area contributed by atoms with Crippen molar-refractivity contribution in [2.24, 2.45) is 0 Å². The smallest absolute Gasteiger partial charge is 0.152 e. The van der Waals surface area contributed by atoms with Gasteiger partial charge in [0.05, 0.1) is 11.5 Å². The molecular formula is C14H21N2O2S2. The van der Waals surface area contributed by atoms with Gasteiger partial charge in [0, 0.05) is 29.8 Å². The van der Waals surface area contributed by atoms with Gasteiger partial charge in [-0.1, -0.05) is 18.2 Å². The molecule has 0 aliphatic carbocycles. The summed E-state index contributed by atoms with van der Waals surface area (Å²) in [5, 5.41) is 0. The van der Waals surface area contributed by atoms with Crippen molar-refractivity contribution in [3.63, 3.8) is 0 Å². The normalized spacial score (nSPS) is 20.6. The molecule has 1 radical (unpaired) electrons. The summed E-state index contributed by atoms with van der Waals surface area (Å²) in [5.41, 5.74) is 8.05. The Hall–Kier alpha value is -0.560. The van der Waals surface area contributed by atoms with Gasteiger partial charge >= 0.3 is 0 Å². The first-order chi connectivity index (χ1) is 9.55. The summed E-state index contributed by atoms with van der Waals surface area (Å²) in [7, 11) is -2.79. The molecule has 0 amide bonds. The Morgan fingerprint density at radius 2 is 1.85 bits per heavy atom. The Morgan fingerprint density at radius 3 is 2.50 bits per heavy atom. The van der Waals surface area contributed by atoms with Gasteiger partial charge in [0.25, 0.3) is 0 Å². The lowest BCUT2D eigenvalue weighted by atomic mass is 10.2. The molecule has 1 N–H and O–H groups in total. The van der Waals surface area contributed by atoms with E-state index < -0.39 is 9.84 Å². The topological polar surface area (TPSA) is 61.2 Å². The number of hydrogen-bond acceptors (Lipinski definition) is 4. The minimum atomic E-state index is -2.79. The zero-order valence-electron chi connectivity index (χ0n) is 11.5. The molecule has 111 valence electrons. The summed E-state index contributed by atoms with van der Waals surface area (Å²) in [6, 6.07) is 10.0. The molecule has 0 saturated carbocycles. The van der Waals surface area contributed by atoms with Crippen LogP contribution in [0.25, 0.3) is 0 Å². The van der Waals surface area contributed by atoms with Crippen LogP contribution >= 0.6 is 11.8 Å². The summed E-state index contributed by atoms with van der Waals surface area (Å²) < 4.78 is 22.7. The van der Waals surface area contributed by atoms with Crippen LogP contribution in [-0.2, 0) is 9.84 Å². The predicted molar refractivity (Wildman–Crippen MR) is 83.8 cm³/mol. The second-order valence-electron chi connectivity index (χ2n) is 5.10. The maximum atomic E-state index is 11.3. The third-order valence-electron chi connectivity index (χ3n) is 3.43. The van der Waals surface area contributed by atoms with Gasteiger partial charge in [-0.05, 0) is 25.1 Å². The lowest BCUT2D eigenvalue weighted by Gasteiger charge is -2.27. The average Bonchev–Trinajstić information content (AvgIpc) is 2.45. The molecular weight excluding hydrogens is 292 g/mol. The van der Waals surface area contributed by atoms with E-state index in [2.05, 4.69) is 17.0 Å². The number of hydrogen-bond donors (Lipinski definition) is 0. The highest BCUT2D eigenvalue weighted by molar-refractivity contribution is 7.99. The van der Waals surface area contributed by atoms with Crippen molar-refractivity contribution in [1.82, 2.24) is 10.6 Å². The molecule has 6 heteroatoms. The molecule has 0 unspecified atom stereocenters. The van der Waals surface area contributed by atoms with Crippen LogP contribution < -0.4 is 5.73 Å². The second kappa shape index (κ2) is 7.45. The van der Waals surface area contributed by atoms with Crippen molar-refractivity contribution in [3.05, 3.63) is 30.3 Å². The monoisotopic (exact) mass is 313 g/mol. The number of thioether (sulfide) groups is 1. The van der Waals surface area contributed by atoms with Crippen molar-refractivity contribution in [2.75, 3.05) is 36.9 Å². The van der Waals surface area contributed by atoms with E-state index in [-0.39, 0.29) is 17.5 Å². The van der Waals surface area contributed by atoms with Crippen molar-refractivity contribution >= 4 is 21.6 Å². The van der Waals surface area contributed by atoms with Crippen LogP contribution in [0.2, 0.25) is 0 Å². The van der Waals surface area contributed by atoms with Gasteiger partial charge in [-0.3, -0.25) is 5.73 Å². The maximum Gasteiger partial charge on any atom is 0.152 e. The first-order valence-electron chi connectivity index (χ1n) is 6.87. The minimum absolute atomic E-state index is 0.0984. The second-order valence-corrected chi connectivity index (χ2v) is 8.50. The summed E-state index contributed by atoms with van der Waals surface area (Å²) in [4.78, 5) is 3.37. The predicted octanol–water partition coefficient (Wildman–Crippen LogP) is 1.55. The Labute approximate surface area is 125 Å². The molecule has 20 heavy (non-hydrogen) atoms. The van der Waals surface area contributed by atoms with Crippen molar-refractivity contribution in [3.8, 4) is 0 Å². The van der Waals surface area contributed by atoms with E-state index in [1.165, 1.54) is 4.90 Å². The largest absolute Gasteiger partial charge is 0.301 e. The van der Waals surface area contributed by atoms with Gasteiger partial charge in [-0.25, -0.2) is 8.42 Å². The summed E-state index contributed by atoms with van der Waals surface area (Å²) >= 11 is 1.71. The standard InChI is InChI=1S/C14H21N2O2S2/c15-13(12-19-14-4-2-1-3-5-14)6-7-16-8-10-20(17,18)11-9-16/h1-5,13,15H,6-12H2/t13-/m1/s1. The number of sulfone groups is 1. The van der Waals surface area contributed by atoms with Crippen molar-refractivity contribution < 1.29 is 8.42 Å². The minimum Gasteiger partial charge on any atom is -0.301 e. The molecule has 1 atom stereocenters. The number of nitrogens with one attached hydrogen (secondary N) is 1. The highest BCUT2D eigenvalue weighted by atomic mass is 32.2. The Bertz CT molecular complexity index is 491. The van der Waals surface area contributed by atoms with E-state index in [9.17, 15) is 8.42 Å². The molecule has 0 spiro atoms. The molecule has 1 fully saturated rings. The summed E-state index contributed by atoms with van der Waals surface area (Å²) in [6.45, 7) is 2.08. The lowest BCUT2D eigenvalue weighted by Crippen LogP contribution is -2.41. The van der Waals surface area contributed by atoms with E-state index in [4.69, 9.17) is 5.73 Å². The van der Waals surface area contributed by atoms with Crippen LogP contribution in [0.5, 0.6) is 0 Å². The van der Waals surface area contributed by atoms with Gasteiger partial charge in [0.15, 0.2) is 9.84 Å². The van der Waals surface area contributed by atoms with Crippen LogP contribution in [0.1, 0.15) is 6.42 Å². The van der Waals surface area contributed by atoms with E-state index in [1.807, 2.05) is 18.2 Å². The highest BCUT2D eigenvalue weighted by Gasteiger charge is 2.21. The van der Waals surface area contributed by atoms with E-state index in [1.54, 1.807) is 11.8 Å². The number of rotatable bonds is 6. The van der Waals surface area contributed by atoms with Crippen LogP contribution in [-0.4, -0.2) is 56.3 Å². The number of nitrogens with zero attached hydrogens (tertiary/aromatic N) is 1. The van der Waals surface area contributed by atoms with E-state index >= 15 is 0 Å². The molecule has 1 heterocycles. The van der Waals surface area contributed by atoms with Crippen LogP contribution in [0.3, 0.4) is 0 Å². The van der Waals surface area contributed by atoms with Gasteiger partial charge in [0.1, 0.15) is 0 Å². The third-order valence-corrected chi connectivity index (χ3v) is 6.21. The zero-order chi connectivity index (χ0) is 14.4. The fourth-order valence-corrected chi connectivity index (χ4v) is 4.30. The van der Waals surface area contributed by atoms with Gasteiger partial charge < -0.3 is 4.90 Å². The summed E-state index contributed by atoms with van der Waals surface area (Å²) in [5.74, 6) is 1.33. The molecule has 1 aromatic rings. The first-order valence-corrected chi connectivity index (χ1v) is 9.67.